The molecule has 0 atom stereocenters. The van der Waals surface area contributed by atoms with Gasteiger partial charge in [-0.3, -0.25) is 4.79 Å². The van der Waals surface area contributed by atoms with Crippen LogP contribution in [-0.2, 0) is 6.61 Å². The molecule has 0 saturated heterocycles. The van der Waals surface area contributed by atoms with E-state index in [2.05, 4.69) is 15.9 Å². The molecule has 0 aliphatic rings. The fraction of sp³-hybridized carbons (Fsp3) is 0.133. The molecule has 20 heavy (non-hydrogen) atoms. The number of carbonyl (C=O) groups is 1. The summed E-state index contributed by atoms with van der Waals surface area (Å²) >= 11 is 9.48. The molecule has 0 bridgehead atoms. The molecule has 0 fully saturated rings. The summed E-state index contributed by atoms with van der Waals surface area (Å²) in [6.45, 7) is 0.322. The van der Waals surface area contributed by atoms with E-state index in [1.165, 1.54) is 7.11 Å². The van der Waals surface area contributed by atoms with Crippen LogP contribution in [0.1, 0.15) is 15.9 Å². The Morgan fingerprint density at radius 1 is 1.20 bits per heavy atom. The van der Waals surface area contributed by atoms with Crippen LogP contribution in [-0.4, -0.2) is 13.4 Å². The Morgan fingerprint density at radius 3 is 2.65 bits per heavy atom. The van der Waals surface area contributed by atoms with Crippen molar-refractivity contribution in [1.82, 2.24) is 0 Å². The second kappa shape index (κ2) is 6.77. The molecule has 0 saturated carbocycles. The highest BCUT2D eigenvalue weighted by Gasteiger charge is 2.07. The van der Waals surface area contributed by atoms with Crippen LogP contribution in [0.25, 0.3) is 0 Å². The maximum atomic E-state index is 10.7. The van der Waals surface area contributed by atoms with Gasteiger partial charge in [0.2, 0.25) is 0 Å². The first-order valence-electron chi connectivity index (χ1n) is 5.84. The maximum Gasteiger partial charge on any atom is 0.161 e. The molecular weight excluding hydrogens is 344 g/mol. The Bertz CT molecular complexity index is 629. The normalized spacial score (nSPS) is 10.2. The number of carbonyl (C=O) groups excluding carboxylic acids is 1. The first-order chi connectivity index (χ1) is 9.63. The van der Waals surface area contributed by atoms with E-state index in [4.69, 9.17) is 21.1 Å². The zero-order valence-electron chi connectivity index (χ0n) is 10.7. The third kappa shape index (κ3) is 3.52. The Hall–Kier alpha value is -1.52. The van der Waals surface area contributed by atoms with E-state index in [1.807, 2.05) is 18.2 Å². The Labute approximate surface area is 130 Å². The molecule has 0 radical (unpaired) electrons. The number of halogens is 2. The lowest BCUT2D eigenvalue weighted by molar-refractivity contribution is 0.112. The van der Waals surface area contributed by atoms with Gasteiger partial charge in [0.1, 0.15) is 12.9 Å². The first-order valence-corrected chi connectivity index (χ1v) is 7.01. The van der Waals surface area contributed by atoms with Crippen LogP contribution in [0, 0.1) is 0 Å². The standard InChI is InChI=1S/C15H12BrClO3/c1-19-15-6-10(8-18)2-5-14(15)20-9-11-3-4-12(16)7-13(11)17/h2-8H,9H2,1H3. The quantitative estimate of drug-likeness (QED) is 0.741. The average Bonchev–Trinajstić information content (AvgIpc) is 2.46. The van der Waals surface area contributed by atoms with Gasteiger partial charge in [0, 0.05) is 20.6 Å². The third-order valence-corrected chi connectivity index (χ3v) is 3.57. The van der Waals surface area contributed by atoms with Crippen molar-refractivity contribution in [1.29, 1.82) is 0 Å². The van der Waals surface area contributed by atoms with Gasteiger partial charge in [0.25, 0.3) is 0 Å². The molecule has 0 aliphatic carbocycles. The van der Waals surface area contributed by atoms with E-state index in [1.54, 1.807) is 18.2 Å². The number of aldehydes is 1. The Morgan fingerprint density at radius 2 is 2.00 bits per heavy atom. The monoisotopic (exact) mass is 354 g/mol. The lowest BCUT2D eigenvalue weighted by atomic mass is 10.2. The average molecular weight is 356 g/mol. The molecule has 3 nitrogen and oxygen atoms in total. The highest BCUT2D eigenvalue weighted by molar-refractivity contribution is 9.10. The van der Waals surface area contributed by atoms with E-state index in [0.29, 0.717) is 28.7 Å². The number of hydrogen-bond donors (Lipinski definition) is 0. The SMILES string of the molecule is COc1cc(C=O)ccc1OCc1ccc(Br)cc1Cl. The van der Waals surface area contributed by atoms with Crippen LogP contribution in [0.15, 0.2) is 40.9 Å². The largest absolute Gasteiger partial charge is 0.493 e. The summed E-state index contributed by atoms with van der Waals surface area (Å²) in [6, 6.07) is 10.6. The number of benzene rings is 2. The van der Waals surface area contributed by atoms with Crippen LogP contribution in [0.3, 0.4) is 0 Å². The van der Waals surface area contributed by atoms with Gasteiger partial charge in [-0.05, 0) is 30.3 Å². The van der Waals surface area contributed by atoms with Gasteiger partial charge in [-0.1, -0.05) is 33.6 Å². The van der Waals surface area contributed by atoms with Crippen molar-refractivity contribution in [3.8, 4) is 11.5 Å². The van der Waals surface area contributed by atoms with Gasteiger partial charge in [-0.2, -0.15) is 0 Å². The van der Waals surface area contributed by atoms with Crippen LogP contribution >= 0.6 is 27.5 Å². The van der Waals surface area contributed by atoms with Gasteiger partial charge in [-0.15, -0.1) is 0 Å². The zero-order valence-corrected chi connectivity index (χ0v) is 13.1. The second-order valence-corrected chi connectivity index (χ2v) is 5.38. The third-order valence-electron chi connectivity index (χ3n) is 2.72. The number of hydrogen-bond acceptors (Lipinski definition) is 3. The molecule has 2 aromatic carbocycles. The second-order valence-electron chi connectivity index (χ2n) is 4.05. The fourth-order valence-electron chi connectivity index (χ4n) is 1.67. The minimum absolute atomic E-state index is 0.322. The number of rotatable bonds is 5. The number of methoxy groups -OCH3 is 1. The summed E-state index contributed by atoms with van der Waals surface area (Å²) in [7, 11) is 1.53. The van der Waals surface area contributed by atoms with E-state index in [-0.39, 0.29) is 0 Å². The summed E-state index contributed by atoms with van der Waals surface area (Å²) in [6.07, 6.45) is 0.762. The van der Waals surface area contributed by atoms with E-state index in [0.717, 1.165) is 16.3 Å². The summed E-state index contributed by atoms with van der Waals surface area (Å²) in [5.41, 5.74) is 1.41. The predicted molar refractivity (Wildman–Crippen MR) is 81.9 cm³/mol. The highest BCUT2D eigenvalue weighted by Crippen LogP contribution is 2.29. The topological polar surface area (TPSA) is 35.5 Å². The van der Waals surface area contributed by atoms with Crippen molar-refractivity contribution in [3.05, 3.63) is 57.0 Å². The predicted octanol–water partition coefficient (Wildman–Crippen LogP) is 4.50. The molecule has 0 heterocycles. The molecule has 2 aromatic rings. The van der Waals surface area contributed by atoms with Gasteiger partial charge in [0.05, 0.1) is 7.11 Å². The number of ether oxygens (including phenoxy) is 2. The Balaban J connectivity index is 2.16. The minimum Gasteiger partial charge on any atom is -0.493 e. The van der Waals surface area contributed by atoms with Gasteiger partial charge >= 0.3 is 0 Å². The highest BCUT2D eigenvalue weighted by atomic mass is 79.9. The van der Waals surface area contributed by atoms with Crippen molar-refractivity contribution in [2.75, 3.05) is 7.11 Å². The minimum atomic E-state index is 0.322. The fourth-order valence-corrected chi connectivity index (χ4v) is 2.40. The maximum absolute atomic E-state index is 10.7. The van der Waals surface area contributed by atoms with Gasteiger partial charge in [-0.25, -0.2) is 0 Å². The lowest BCUT2D eigenvalue weighted by Crippen LogP contribution is -1.99. The molecule has 0 amide bonds. The van der Waals surface area contributed by atoms with Gasteiger partial charge in [0.15, 0.2) is 11.5 Å². The molecule has 0 unspecified atom stereocenters. The van der Waals surface area contributed by atoms with Crippen molar-refractivity contribution >= 4 is 33.8 Å². The van der Waals surface area contributed by atoms with Crippen LogP contribution < -0.4 is 9.47 Å². The smallest absolute Gasteiger partial charge is 0.161 e. The summed E-state index contributed by atoms with van der Waals surface area (Å²) in [5.74, 6) is 1.08. The molecule has 0 aromatic heterocycles. The molecule has 0 spiro atoms. The molecule has 5 heteroatoms. The van der Waals surface area contributed by atoms with Crippen molar-refractivity contribution in [3.63, 3.8) is 0 Å². The van der Waals surface area contributed by atoms with Gasteiger partial charge < -0.3 is 9.47 Å². The van der Waals surface area contributed by atoms with Crippen molar-refractivity contribution < 1.29 is 14.3 Å². The van der Waals surface area contributed by atoms with E-state index >= 15 is 0 Å². The molecule has 2 rings (SSSR count). The Kier molecular flexibility index (Phi) is 5.04. The lowest BCUT2D eigenvalue weighted by Gasteiger charge is -2.12. The van der Waals surface area contributed by atoms with Crippen molar-refractivity contribution in [2.45, 2.75) is 6.61 Å². The summed E-state index contributed by atoms with van der Waals surface area (Å²) in [5, 5.41) is 0.628. The molecular formula is C15H12BrClO3. The van der Waals surface area contributed by atoms with Crippen LogP contribution in [0.2, 0.25) is 5.02 Å². The molecule has 0 N–H and O–H groups in total. The van der Waals surface area contributed by atoms with E-state index in [9.17, 15) is 4.79 Å². The molecule has 104 valence electrons. The summed E-state index contributed by atoms with van der Waals surface area (Å²) in [4.78, 5) is 10.7. The van der Waals surface area contributed by atoms with Crippen molar-refractivity contribution in [2.24, 2.45) is 0 Å². The molecule has 0 aliphatic heterocycles. The summed E-state index contributed by atoms with van der Waals surface area (Å²) < 4.78 is 11.8. The van der Waals surface area contributed by atoms with Crippen LogP contribution in [0.4, 0.5) is 0 Å². The first kappa shape index (κ1) is 14.9. The zero-order chi connectivity index (χ0) is 14.5. The van der Waals surface area contributed by atoms with E-state index < -0.39 is 0 Å². The van der Waals surface area contributed by atoms with Crippen LogP contribution in [0.5, 0.6) is 11.5 Å².